The van der Waals surface area contributed by atoms with Gasteiger partial charge in [0.25, 0.3) is 5.78 Å². The van der Waals surface area contributed by atoms with Gasteiger partial charge in [0.05, 0.1) is 17.9 Å². The Morgan fingerprint density at radius 1 is 1.11 bits per heavy atom. The van der Waals surface area contributed by atoms with Gasteiger partial charge in [0, 0.05) is 4.47 Å². The Hall–Kier alpha value is -1.20. The van der Waals surface area contributed by atoms with Crippen LogP contribution < -0.4 is 4.90 Å². The number of carbonyl (C=O) groups is 2. The molecular formula is C14H15BrN2O2. The van der Waals surface area contributed by atoms with E-state index in [2.05, 4.69) is 20.8 Å². The van der Waals surface area contributed by atoms with Crippen molar-refractivity contribution < 1.29 is 9.59 Å². The minimum Gasteiger partial charge on any atom is -0.291 e. The molecule has 1 saturated heterocycles. The molecule has 100 valence electrons. The van der Waals surface area contributed by atoms with E-state index in [-0.39, 0.29) is 0 Å². The lowest BCUT2D eigenvalue weighted by Gasteiger charge is -2.30. The fourth-order valence-corrected chi connectivity index (χ4v) is 3.07. The summed E-state index contributed by atoms with van der Waals surface area (Å²) in [5.41, 5.74) is 1.25. The lowest BCUT2D eigenvalue weighted by molar-refractivity contribution is -0.114. The Morgan fingerprint density at radius 2 is 1.84 bits per heavy atom. The number of fused-ring (bicyclic) bond motifs is 1. The van der Waals surface area contributed by atoms with Gasteiger partial charge in [-0.3, -0.25) is 19.4 Å². The summed E-state index contributed by atoms with van der Waals surface area (Å²) in [6, 6.07) is 5.44. The highest BCUT2D eigenvalue weighted by Crippen LogP contribution is 2.31. The van der Waals surface area contributed by atoms with Gasteiger partial charge in [0.1, 0.15) is 0 Å². The highest BCUT2D eigenvalue weighted by atomic mass is 79.9. The molecule has 0 saturated carbocycles. The van der Waals surface area contributed by atoms with E-state index in [1.165, 1.54) is 19.3 Å². The molecule has 1 aromatic carbocycles. The number of hydrogen-bond donors (Lipinski definition) is 0. The highest BCUT2D eigenvalue weighted by molar-refractivity contribution is 9.10. The van der Waals surface area contributed by atoms with Crippen molar-refractivity contribution in [2.45, 2.75) is 19.3 Å². The SMILES string of the molecule is O=C1C(=O)N(CN2CCCCC2)c2ccc(Br)cc21. The molecule has 0 atom stereocenters. The van der Waals surface area contributed by atoms with Gasteiger partial charge in [-0.25, -0.2) is 0 Å². The molecule has 1 amide bonds. The first kappa shape index (κ1) is 12.8. The van der Waals surface area contributed by atoms with Gasteiger partial charge in [-0.15, -0.1) is 0 Å². The molecule has 2 heterocycles. The highest BCUT2D eigenvalue weighted by Gasteiger charge is 2.36. The first-order chi connectivity index (χ1) is 9.16. The van der Waals surface area contributed by atoms with Crippen molar-refractivity contribution >= 4 is 33.3 Å². The van der Waals surface area contributed by atoms with Crippen molar-refractivity contribution in [2.75, 3.05) is 24.7 Å². The minimum atomic E-state index is -0.404. The number of carbonyl (C=O) groups excluding carboxylic acids is 2. The number of hydrogen-bond acceptors (Lipinski definition) is 3. The molecule has 4 nitrogen and oxygen atoms in total. The van der Waals surface area contributed by atoms with Crippen LogP contribution in [0.25, 0.3) is 0 Å². The van der Waals surface area contributed by atoms with Crippen LogP contribution in [0.1, 0.15) is 29.6 Å². The van der Waals surface area contributed by atoms with Gasteiger partial charge in [0.2, 0.25) is 0 Å². The monoisotopic (exact) mass is 322 g/mol. The van der Waals surface area contributed by atoms with E-state index < -0.39 is 11.7 Å². The van der Waals surface area contributed by atoms with Crippen LogP contribution in [0, 0.1) is 0 Å². The molecule has 3 rings (SSSR count). The number of likely N-dealkylation sites (tertiary alicyclic amines) is 1. The van der Waals surface area contributed by atoms with Crippen LogP contribution >= 0.6 is 15.9 Å². The predicted octanol–water partition coefficient (Wildman–Crippen LogP) is 2.42. The quantitative estimate of drug-likeness (QED) is 0.785. The molecule has 1 aromatic rings. The summed E-state index contributed by atoms with van der Waals surface area (Å²) in [7, 11) is 0. The van der Waals surface area contributed by atoms with Crippen LogP contribution in [0.4, 0.5) is 5.69 Å². The number of halogens is 1. The van der Waals surface area contributed by atoms with Gasteiger partial charge < -0.3 is 0 Å². The van der Waals surface area contributed by atoms with Crippen LogP contribution in [0.5, 0.6) is 0 Å². The van der Waals surface area contributed by atoms with E-state index >= 15 is 0 Å². The first-order valence-corrected chi connectivity index (χ1v) is 7.34. The van der Waals surface area contributed by atoms with Crippen LogP contribution in [-0.2, 0) is 4.79 Å². The smallest absolute Gasteiger partial charge is 0.291 e. The maximum atomic E-state index is 12.1. The van der Waals surface area contributed by atoms with Crippen LogP contribution in [-0.4, -0.2) is 36.3 Å². The van der Waals surface area contributed by atoms with E-state index in [1.807, 2.05) is 12.1 Å². The standard InChI is InChI=1S/C14H15BrN2O2/c15-10-4-5-12-11(8-10)13(18)14(19)17(12)9-16-6-2-1-3-7-16/h4-5,8H,1-3,6-7,9H2. The van der Waals surface area contributed by atoms with Gasteiger partial charge in [-0.05, 0) is 44.1 Å². The van der Waals surface area contributed by atoms with Crippen LogP contribution in [0.15, 0.2) is 22.7 Å². The molecule has 2 aliphatic rings. The summed E-state index contributed by atoms with van der Waals surface area (Å²) < 4.78 is 0.826. The molecule has 0 aliphatic carbocycles. The fourth-order valence-electron chi connectivity index (χ4n) is 2.71. The predicted molar refractivity (Wildman–Crippen MR) is 76.2 cm³/mol. The summed E-state index contributed by atoms with van der Waals surface area (Å²) in [5.74, 6) is -0.799. The van der Waals surface area contributed by atoms with Gasteiger partial charge in [-0.1, -0.05) is 22.4 Å². The molecule has 0 unspecified atom stereocenters. The molecule has 0 N–H and O–H groups in total. The summed E-state index contributed by atoms with van der Waals surface area (Å²) in [5, 5.41) is 0. The number of Topliss-reactive ketones (excluding diaryl/α,β-unsaturated/α-hetero) is 1. The lowest BCUT2D eigenvalue weighted by Crippen LogP contribution is -2.43. The largest absolute Gasteiger partial charge is 0.300 e. The third-order valence-electron chi connectivity index (χ3n) is 3.72. The van der Waals surface area contributed by atoms with E-state index in [1.54, 1.807) is 11.0 Å². The number of amides is 1. The van der Waals surface area contributed by atoms with Crippen molar-refractivity contribution in [2.24, 2.45) is 0 Å². The maximum Gasteiger partial charge on any atom is 0.300 e. The zero-order valence-electron chi connectivity index (χ0n) is 10.6. The van der Waals surface area contributed by atoms with E-state index in [0.717, 1.165) is 23.2 Å². The molecule has 0 radical (unpaired) electrons. The number of piperidine rings is 1. The zero-order valence-corrected chi connectivity index (χ0v) is 12.1. The number of rotatable bonds is 2. The fraction of sp³-hybridized carbons (Fsp3) is 0.429. The second-order valence-electron chi connectivity index (χ2n) is 5.04. The Labute approximate surface area is 120 Å². The Balaban J connectivity index is 1.86. The Bertz CT molecular complexity index is 538. The molecule has 1 fully saturated rings. The Morgan fingerprint density at radius 3 is 2.58 bits per heavy atom. The second kappa shape index (κ2) is 5.06. The first-order valence-electron chi connectivity index (χ1n) is 6.55. The molecule has 19 heavy (non-hydrogen) atoms. The van der Waals surface area contributed by atoms with Gasteiger partial charge >= 0.3 is 5.91 Å². The maximum absolute atomic E-state index is 12.1. The topological polar surface area (TPSA) is 40.6 Å². The number of anilines is 1. The van der Waals surface area contributed by atoms with Crippen molar-refractivity contribution in [3.05, 3.63) is 28.2 Å². The second-order valence-corrected chi connectivity index (χ2v) is 5.96. The van der Waals surface area contributed by atoms with Crippen molar-refractivity contribution in [1.29, 1.82) is 0 Å². The average molecular weight is 323 g/mol. The van der Waals surface area contributed by atoms with Gasteiger partial charge in [0.15, 0.2) is 0 Å². The Kier molecular flexibility index (Phi) is 3.41. The molecule has 0 bridgehead atoms. The van der Waals surface area contributed by atoms with Crippen LogP contribution in [0.2, 0.25) is 0 Å². The molecular weight excluding hydrogens is 308 g/mol. The normalized spacial score (nSPS) is 19.9. The lowest BCUT2D eigenvalue weighted by atomic mass is 10.1. The third-order valence-corrected chi connectivity index (χ3v) is 4.22. The van der Waals surface area contributed by atoms with E-state index in [9.17, 15) is 9.59 Å². The van der Waals surface area contributed by atoms with Crippen molar-refractivity contribution in [1.82, 2.24) is 4.90 Å². The number of benzene rings is 1. The summed E-state index contributed by atoms with van der Waals surface area (Å²) >= 11 is 3.34. The van der Waals surface area contributed by atoms with Gasteiger partial charge in [-0.2, -0.15) is 0 Å². The third kappa shape index (κ3) is 2.32. The average Bonchev–Trinajstić information content (AvgIpc) is 2.65. The minimum absolute atomic E-state index is 0.395. The van der Waals surface area contributed by atoms with E-state index in [4.69, 9.17) is 0 Å². The van der Waals surface area contributed by atoms with Crippen molar-refractivity contribution in [3.63, 3.8) is 0 Å². The molecule has 0 aromatic heterocycles. The summed E-state index contributed by atoms with van der Waals surface area (Å²) in [4.78, 5) is 27.9. The summed E-state index contributed by atoms with van der Waals surface area (Å²) in [6.45, 7) is 2.53. The molecule has 2 aliphatic heterocycles. The number of nitrogens with zero attached hydrogens (tertiary/aromatic N) is 2. The van der Waals surface area contributed by atoms with Crippen LogP contribution in [0.3, 0.4) is 0 Å². The number of ketones is 1. The molecule has 5 heteroatoms. The zero-order chi connectivity index (χ0) is 13.4. The summed E-state index contributed by atoms with van der Waals surface area (Å²) in [6.07, 6.45) is 3.60. The molecule has 0 spiro atoms. The van der Waals surface area contributed by atoms with Crippen molar-refractivity contribution in [3.8, 4) is 0 Å². The van der Waals surface area contributed by atoms with E-state index in [0.29, 0.717) is 12.2 Å².